The number of hydrogen-bond donors (Lipinski definition) is 1. The van der Waals surface area contributed by atoms with Crippen LogP contribution < -0.4 is 4.72 Å². The van der Waals surface area contributed by atoms with Crippen LogP contribution in [0, 0.1) is 5.82 Å². The minimum Gasteiger partial charge on any atom is -0.379 e. The Morgan fingerprint density at radius 2 is 1.73 bits per heavy atom. The first kappa shape index (κ1) is 27.5. The van der Waals surface area contributed by atoms with Gasteiger partial charge in [-0.25, -0.2) is 12.8 Å². The first-order valence-corrected chi connectivity index (χ1v) is 12.0. The fourth-order valence-corrected chi connectivity index (χ4v) is 4.76. The third kappa shape index (κ3) is 7.65. The number of alkyl halides is 3. The number of methoxy groups -OCH3 is 1. The lowest BCUT2D eigenvalue weighted by molar-refractivity contribution is -0.153. The van der Waals surface area contributed by atoms with Gasteiger partial charge in [-0.05, 0) is 41.8 Å². The standard InChI is InChI=1S/C22H26F4N2O3S.ClH/c1-31-20-14-28(12-11-19(20)16-7-9-18(23)10-8-16)13-15-3-5-17(6-4-15)21(22(24,25)26)27-32(2,29)30;/h3-10,19-21,27H,11-14H2,1-2H3;1H/t19-,20+,21+;/m1./s1. The van der Waals surface area contributed by atoms with E-state index < -0.39 is 22.2 Å². The van der Waals surface area contributed by atoms with E-state index in [1.807, 2.05) is 0 Å². The van der Waals surface area contributed by atoms with E-state index in [0.717, 1.165) is 24.1 Å². The molecule has 5 nitrogen and oxygen atoms in total. The molecule has 11 heteroatoms. The molecule has 0 aliphatic carbocycles. The summed E-state index contributed by atoms with van der Waals surface area (Å²) in [7, 11) is -2.41. The average Bonchev–Trinajstić information content (AvgIpc) is 2.72. The molecular formula is C22H27ClF4N2O3S. The van der Waals surface area contributed by atoms with Gasteiger partial charge in [0.25, 0.3) is 0 Å². The lowest BCUT2D eigenvalue weighted by atomic mass is 9.86. The number of piperidine rings is 1. The zero-order valence-corrected chi connectivity index (χ0v) is 19.8. The highest BCUT2D eigenvalue weighted by atomic mass is 35.5. The predicted octanol–water partition coefficient (Wildman–Crippen LogP) is 4.40. The lowest BCUT2D eigenvalue weighted by Gasteiger charge is -2.38. The first-order chi connectivity index (χ1) is 15.0. The third-order valence-electron chi connectivity index (χ3n) is 5.62. The Hall–Kier alpha value is -1.72. The molecule has 0 spiro atoms. The smallest absolute Gasteiger partial charge is 0.379 e. The highest BCUT2D eigenvalue weighted by molar-refractivity contribution is 7.88. The van der Waals surface area contributed by atoms with Gasteiger partial charge in [-0.3, -0.25) is 4.90 Å². The Labute approximate surface area is 197 Å². The van der Waals surface area contributed by atoms with Crippen LogP contribution in [-0.2, 0) is 21.3 Å². The second-order valence-electron chi connectivity index (χ2n) is 8.06. The highest BCUT2D eigenvalue weighted by Crippen LogP contribution is 2.34. The van der Waals surface area contributed by atoms with Gasteiger partial charge in [0.15, 0.2) is 0 Å². The first-order valence-electron chi connectivity index (χ1n) is 10.1. The van der Waals surface area contributed by atoms with Crippen LogP contribution in [0.3, 0.4) is 0 Å². The van der Waals surface area contributed by atoms with Crippen molar-refractivity contribution in [1.29, 1.82) is 0 Å². The number of sulfonamides is 1. The van der Waals surface area contributed by atoms with Crippen LogP contribution in [0.25, 0.3) is 0 Å². The van der Waals surface area contributed by atoms with Crippen molar-refractivity contribution in [2.24, 2.45) is 0 Å². The summed E-state index contributed by atoms with van der Waals surface area (Å²) in [6.45, 7) is 1.90. The Balaban J connectivity index is 0.00000385. The zero-order valence-electron chi connectivity index (χ0n) is 18.2. The number of ether oxygens (including phenoxy) is 1. The molecule has 33 heavy (non-hydrogen) atoms. The summed E-state index contributed by atoms with van der Waals surface area (Å²) in [5.41, 5.74) is 1.65. The van der Waals surface area contributed by atoms with E-state index in [-0.39, 0.29) is 35.8 Å². The van der Waals surface area contributed by atoms with Gasteiger partial charge in [0.05, 0.1) is 12.4 Å². The molecule has 1 saturated heterocycles. The van der Waals surface area contributed by atoms with Gasteiger partial charge in [0, 0.05) is 26.1 Å². The Morgan fingerprint density at radius 3 is 2.24 bits per heavy atom. The molecule has 0 saturated carbocycles. The maximum atomic E-state index is 13.3. The fraction of sp³-hybridized carbons (Fsp3) is 0.455. The molecule has 0 bridgehead atoms. The van der Waals surface area contributed by atoms with Crippen LogP contribution in [0.4, 0.5) is 17.6 Å². The van der Waals surface area contributed by atoms with Gasteiger partial charge in [-0.15, -0.1) is 12.4 Å². The van der Waals surface area contributed by atoms with Crippen LogP contribution in [-0.4, -0.2) is 52.1 Å². The summed E-state index contributed by atoms with van der Waals surface area (Å²) in [6.07, 6.45) is -3.35. The van der Waals surface area contributed by atoms with Crippen molar-refractivity contribution >= 4 is 22.4 Å². The second-order valence-corrected chi connectivity index (χ2v) is 9.84. The third-order valence-corrected chi connectivity index (χ3v) is 6.29. The number of benzene rings is 2. The largest absolute Gasteiger partial charge is 0.408 e. The van der Waals surface area contributed by atoms with Crippen molar-refractivity contribution in [3.05, 3.63) is 71.0 Å². The van der Waals surface area contributed by atoms with Crippen molar-refractivity contribution in [3.63, 3.8) is 0 Å². The Morgan fingerprint density at radius 1 is 1.12 bits per heavy atom. The Kier molecular flexibility index (Phi) is 9.29. The summed E-state index contributed by atoms with van der Waals surface area (Å²) in [6, 6.07) is 9.85. The summed E-state index contributed by atoms with van der Waals surface area (Å²) in [5.74, 6) is -0.156. The molecule has 1 aliphatic rings. The van der Waals surface area contributed by atoms with Crippen LogP contribution in [0.5, 0.6) is 0 Å². The molecule has 1 fully saturated rings. The van der Waals surface area contributed by atoms with Crippen LogP contribution in [0.2, 0.25) is 0 Å². The minimum absolute atomic E-state index is 0. The maximum Gasteiger partial charge on any atom is 0.408 e. The number of nitrogens with one attached hydrogen (secondary N) is 1. The van der Waals surface area contributed by atoms with Gasteiger partial charge in [0.2, 0.25) is 10.0 Å². The molecule has 1 N–H and O–H groups in total. The van der Waals surface area contributed by atoms with E-state index in [0.29, 0.717) is 19.3 Å². The van der Waals surface area contributed by atoms with Gasteiger partial charge < -0.3 is 4.74 Å². The molecule has 1 heterocycles. The topological polar surface area (TPSA) is 58.6 Å². The fourth-order valence-electron chi connectivity index (χ4n) is 4.07. The number of likely N-dealkylation sites (tertiary alicyclic amines) is 1. The monoisotopic (exact) mass is 510 g/mol. The quantitative estimate of drug-likeness (QED) is 0.561. The van der Waals surface area contributed by atoms with Crippen molar-refractivity contribution in [1.82, 2.24) is 9.62 Å². The lowest BCUT2D eigenvalue weighted by Crippen LogP contribution is -2.43. The summed E-state index contributed by atoms with van der Waals surface area (Å²) in [4.78, 5) is 2.15. The molecule has 0 aromatic heterocycles. The summed E-state index contributed by atoms with van der Waals surface area (Å²) >= 11 is 0. The highest BCUT2D eigenvalue weighted by Gasteiger charge is 2.42. The molecule has 0 radical (unpaired) electrons. The molecule has 184 valence electrons. The van der Waals surface area contributed by atoms with E-state index in [4.69, 9.17) is 4.74 Å². The number of nitrogens with zero attached hydrogens (tertiary/aromatic N) is 1. The van der Waals surface area contributed by atoms with Crippen molar-refractivity contribution in [2.45, 2.75) is 37.2 Å². The minimum atomic E-state index is -4.75. The van der Waals surface area contributed by atoms with Gasteiger partial charge >= 0.3 is 6.18 Å². The molecule has 3 rings (SSSR count). The molecule has 2 aromatic rings. The number of hydrogen-bond acceptors (Lipinski definition) is 4. The second kappa shape index (κ2) is 11.1. The van der Waals surface area contributed by atoms with Crippen LogP contribution >= 0.6 is 12.4 Å². The van der Waals surface area contributed by atoms with E-state index in [1.165, 1.54) is 24.3 Å². The van der Waals surface area contributed by atoms with E-state index in [2.05, 4.69) is 4.90 Å². The van der Waals surface area contributed by atoms with Gasteiger partial charge in [0.1, 0.15) is 11.9 Å². The predicted molar refractivity (Wildman–Crippen MR) is 120 cm³/mol. The SMILES string of the molecule is CO[C@H]1CN(Cc2ccc([C@H](NS(C)(=O)=O)C(F)(F)F)cc2)CC[C@@H]1c1ccc(F)cc1.Cl. The Bertz CT molecular complexity index is 1000. The normalized spacial score (nSPS) is 20.8. The maximum absolute atomic E-state index is 13.3. The number of halogens is 5. The van der Waals surface area contributed by atoms with Gasteiger partial charge in [-0.1, -0.05) is 36.4 Å². The van der Waals surface area contributed by atoms with E-state index in [9.17, 15) is 26.0 Å². The van der Waals surface area contributed by atoms with Crippen LogP contribution in [0.15, 0.2) is 48.5 Å². The zero-order chi connectivity index (χ0) is 23.5. The van der Waals surface area contributed by atoms with Crippen molar-refractivity contribution in [3.8, 4) is 0 Å². The molecule has 2 aromatic carbocycles. The molecule has 0 amide bonds. The number of rotatable bonds is 7. The molecule has 1 aliphatic heterocycles. The van der Waals surface area contributed by atoms with Gasteiger partial charge in [-0.2, -0.15) is 17.9 Å². The summed E-state index contributed by atoms with van der Waals surface area (Å²) < 4.78 is 83.2. The van der Waals surface area contributed by atoms with E-state index >= 15 is 0 Å². The van der Waals surface area contributed by atoms with E-state index in [1.54, 1.807) is 36.1 Å². The van der Waals surface area contributed by atoms with Crippen molar-refractivity contribution in [2.75, 3.05) is 26.5 Å². The summed E-state index contributed by atoms with van der Waals surface area (Å²) in [5, 5.41) is 0. The molecular weight excluding hydrogens is 484 g/mol. The van der Waals surface area contributed by atoms with Crippen LogP contribution in [0.1, 0.15) is 35.1 Å². The average molecular weight is 511 g/mol. The molecule has 3 atom stereocenters. The van der Waals surface area contributed by atoms with Crippen molar-refractivity contribution < 1.29 is 30.7 Å². The molecule has 0 unspecified atom stereocenters.